The molecule has 1 aromatic carbocycles. The summed E-state index contributed by atoms with van der Waals surface area (Å²) in [4.78, 5) is 0. The number of aromatic nitrogens is 1. The second-order valence-corrected chi connectivity index (χ2v) is 6.67. The van der Waals surface area contributed by atoms with Gasteiger partial charge in [-0.05, 0) is 61.6 Å². The lowest BCUT2D eigenvalue weighted by molar-refractivity contribution is 0.294. The second kappa shape index (κ2) is 6.65. The largest absolute Gasteiger partial charge is 0.344 e. The monoisotopic (exact) mass is 284 g/mol. The van der Waals surface area contributed by atoms with Crippen LogP contribution < -0.4 is 5.32 Å². The zero-order valence-electron chi connectivity index (χ0n) is 13.4. The zero-order chi connectivity index (χ0) is 14.7. The molecule has 0 bridgehead atoms. The molecule has 0 spiro atoms. The van der Waals surface area contributed by atoms with E-state index in [9.17, 15) is 0 Å². The molecule has 2 heteroatoms. The summed E-state index contributed by atoms with van der Waals surface area (Å²) in [6.07, 6.45) is 8.93. The van der Waals surface area contributed by atoms with Gasteiger partial charge in [-0.1, -0.05) is 32.0 Å². The fraction of sp³-hybridized carbons (Fsp3) is 0.579. The number of rotatable bonds is 5. The van der Waals surface area contributed by atoms with E-state index in [0.29, 0.717) is 6.04 Å². The summed E-state index contributed by atoms with van der Waals surface area (Å²) in [5, 5.41) is 4.95. The Hall–Kier alpha value is -1.28. The zero-order valence-corrected chi connectivity index (χ0v) is 13.4. The van der Waals surface area contributed by atoms with Gasteiger partial charge in [0.2, 0.25) is 0 Å². The lowest BCUT2D eigenvalue weighted by atomic mass is 9.87. The van der Waals surface area contributed by atoms with Crippen molar-refractivity contribution in [2.75, 3.05) is 6.54 Å². The third-order valence-electron chi connectivity index (χ3n) is 4.94. The van der Waals surface area contributed by atoms with Crippen LogP contribution in [0.3, 0.4) is 0 Å². The molecule has 2 nitrogen and oxygen atoms in total. The minimum atomic E-state index is 0.700. The highest BCUT2D eigenvalue weighted by Gasteiger charge is 2.21. The standard InChI is InChI=1S/C19H28N2/c1-3-12-20-14-17-6-4-5-16-11-13-21(19(16)17)18-9-7-15(2)8-10-18/h4-6,11,13,15,18,20H,3,7-10,12,14H2,1-2H3. The SMILES string of the molecule is CCCNCc1cccc2ccn(C3CCC(C)CC3)c12. The molecule has 1 fully saturated rings. The smallest absolute Gasteiger partial charge is 0.0528 e. The Labute approximate surface area is 128 Å². The van der Waals surface area contributed by atoms with E-state index in [2.05, 4.69) is 54.2 Å². The summed E-state index contributed by atoms with van der Waals surface area (Å²) in [5.74, 6) is 0.911. The summed E-state index contributed by atoms with van der Waals surface area (Å²) in [7, 11) is 0. The van der Waals surface area contributed by atoms with E-state index < -0.39 is 0 Å². The highest BCUT2D eigenvalue weighted by atomic mass is 15.0. The van der Waals surface area contributed by atoms with Crippen molar-refractivity contribution in [2.24, 2.45) is 5.92 Å². The van der Waals surface area contributed by atoms with Crippen molar-refractivity contribution >= 4 is 10.9 Å². The van der Waals surface area contributed by atoms with Crippen molar-refractivity contribution in [1.29, 1.82) is 0 Å². The van der Waals surface area contributed by atoms with Gasteiger partial charge in [0.15, 0.2) is 0 Å². The van der Waals surface area contributed by atoms with Gasteiger partial charge in [-0.15, -0.1) is 0 Å². The first kappa shape index (κ1) is 14.6. The highest BCUT2D eigenvalue weighted by Crippen LogP contribution is 2.35. The van der Waals surface area contributed by atoms with E-state index in [4.69, 9.17) is 0 Å². The highest BCUT2D eigenvalue weighted by molar-refractivity contribution is 5.83. The van der Waals surface area contributed by atoms with Crippen LogP contribution in [0, 0.1) is 5.92 Å². The van der Waals surface area contributed by atoms with Crippen LogP contribution in [-0.2, 0) is 6.54 Å². The van der Waals surface area contributed by atoms with Gasteiger partial charge in [-0.25, -0.2) is 0 Å². The topological polar surface area (TPSA) is 17.0 Å². The molecule has 1 aliphatic carbocycles. The predicted octanol–water partition coefficient (Wildman–Crippen LogP) is 4.89. The molecule has 1 N–H and O–H groups in total. The van der Waals surface area contributed by atoms with E-state index in [1.54, 1.807) is 0 Å². The Morgan fingerprint density at radius 2 is 1.95 bits per heavy atom. The maximum atomic E-state index is 3.56. The number of para-hydroxylation sites is 1. The first-order valence-electron chi connectivity index (χ1n) is 8.58. The molecule has 3 rings (SSSR count). The summed E-state index contributed by atoms with van der Waals surface area (Å²) in [6, 6.07) is 9.72. The minimum Gasteiger partial charge on any atom is -0.344 e. The van der Waals surface area contributed by atoms with Gasteiger partial charge in [0.05, 0.1) is 5.52 Å². The Bertz CT molecular complexity index is 576. The van der Waals surface area contributed by atoms with Crippen molar-refractivity contribution in [3.8, 4) is 0 Å². The summed E-state index contributed by atoms with van der Waals surface area (Å²) in [6.45, 7) is 6.69. The van der Waals surface area contributed by atoms with Gasteiger partial charge < -0.3 is 9.88 Å². The third-order valence-corrected chi connectivity index (χ3v) is 4.94. The first-order chi connectivity index (χ1) is 10.3. The van der Waals surface area contributed by atoms with Gasteiger partial charge >= 0.3 is 0 Å². The predicted molar refractivity (Wildman–Crippen MR) is 90.6 cm³/mol. The molecule has 0 radical (unpaired) electrons. The first-order valence-corrected chi connectivity index (χ1v) is 8.58. The molecule has 1 heterocycles. The van der Waals surface area contributed by atoms with Crippen LogP contribution in [0.2, 0.25) is 0 Å². The van der Waals surface area contributed by atoms with Crippen molar-refractivity contribution < 1.29 is 0 Å². The van der Waals surface area contributed by atoms with Crippen LogP contribution in [0.25, 0.3) is 10.9 Å². The molecule has 114 valence electrons. The van der Waals surface area contributed by atoms with Crippen molar-refractivity contribution in [1.82, 2.24) is 9.88 Å². The molecule has 0 aliphatic heterocycles. The number of benzene rings is 1. The molecule has 1 aromatic heterocycles. The molecule has 0 amide bonds. The molecule has 21 heavy (non-hydrogen) atoms. The Balaban J connectivity index is 1.88. The maximum absolute atomic E-state index is 3.56. The Kier molecular flexibility index (Phi) is 4.64. The summed E-state index contributed by atoms with van der Waals surface area (Å²) < 4.78 is 2.56. The lowest BCUT2D eigenvalue weighted by Crippen LogP contribution is -2.18. The van der Waals surface area contributed by atoms with E-state index in [1.807, 2.05) is 0 Å². The van der Waals surface area contributed by atoms with Gasteiger partial charge in [0, 0.05) is 18.8 Å². The van der Waals surface area contributed by atoms with Crippen molar-refractivity contribution in [3.05, 3.63) is 36.0 Å². The Morgan fingerprint density at radius 3 is 2.71 bits per heavy atom. The summed E-state index contributed by atoms with van der Waals surface area (Å²) >= 11 is 0. The maximum Gasteiger partial charge on any atom is 0.0528 e. The quantitative estimate of drug-likeness (QED) is 0.773. The normalized spacial score (nSPS) is 22.8. The van der Waals surface area contributed by atoms with Gasteiger partial charge in [0.25, 0.3) is 0 Å². The second-order valence-electron chi connectivity index (χ2n) is 6.67. The molecule has 1 aliphatic rings. The van der Waals surface area contributed by atoms with Crippen LogP contribution in [0.1, 0.15) is 57.6 Å². The Morgan fingerprint density at radius 1 is 1.14 bits per heavy atom. The molecule has 1 saturated carbocycles. The average molecular weight is 284 g/mol. The van der Waals surface area contributed by atoms with E-state index >= 15 is 0 Å². The van der Waals surface area contributed by atoms with Gasteiger partial charge in [-0.2, -0.15) is 0 Å². The van der Waals surface area contributed by atoms with Gasteiger partial charge in [0.1, 0.15) is 0 Å². The number of nitrogens with zero attached hydrogens (tertiary/aromatic N) is 1. The molecular weight excluding hydrogens is 256 g/mol. The third kappa shape index (κ3) is 3.16. The molecule has 0 atom stereocenters. The van der Waals surface area contributed by atoms with E-state index in [-0.39, 0.29) is 0 Å². The van der Waals surface area contributed by atoms with E-state index in [0.717, 1.165) is 19.0 Å². The van der Waals surface area contributed by atoms with Crippen LogP contribution in [0.5, 0.6) is 0 Å². The summed E-state index contributed by atoms with van der Waals surface area (Å²) in [5.41, 5.74) is 2.91. The fourth-order valence-electron chi connectivity index (χ4n) is 3.66. The van der Waals surface area contributed by atoms with Crippen molar-refractivity contribution in [3.63, 3.8) is 0 Å². The number of fused-ring (bicyclic) bond motifs is 1. The molecule has 0 unspecified atom stereocenters. The molecular formula is C19H28N2. The van der Waals surface area contributed by atoms with Crippen molar-refractivity contribution in [2.45, 2.75) is 58.5 Å². The number of hydrogen-bond acceptors (Lipinski definition) is 1. The van der Waals surface area contributed by atoms with Crippen LogP contribution in [-0.4, -0.2) is 11.1 Å². The minimum absolute atomic E-state index is 0.700. The molecule has 2 aromatic rings. The lowest BCUT2D eigenvalue weighted by Gasteiger charge is -2.28. The number of hydrogen-bond donors (Lipinski definition) is 1. The van der Waals surface area contributed by atoms with Gasteiger partial charge in [-0.3, -0.25) is 0 Å². The average Bonchev–Trinajstić information content (AvgIpc) is 2.93. The van der Waals surface area contributed by atoms with Crippen LogP contribution in [0.15, 0.2) is 30.5 Å². The van der Waals surface area contributed by atoms with E-state index in [1.165, 1.54) is 48.6 Å². The molecule has 0 saturated heterocycles. The fourth-order valence-corrected chi connectivity index (χ4v) is 3.66. The van der Waals surface area contributed by atoms with Crippen LogP contribution in [0.4, 0.5) is 0 Å². The number of nitrogens with one attached hydrogen (secondary N) is 1. The van der Waals surface area contributed by atoms with Crippen LogP contribution >= 0.6 is 0 Å².